The molecule has 0 spiro atoms. The molecular weight excluding hydrogens is 775 g/mol. The van der Waals surface area contributed by atoms with Gasteiger partial charge in [-0.1, -0.05) is 48.5 Å². The fourth-order valence-electron chi connectivity index (χ4n) is 6.24. The Labute approximate surface area is 360 Å². The maximum Gasteiger partial charge on any atom is 0.407 e. The Kier molecular flexibility index (Phi) is 16.8. The number of hydrogen-bond acceptors (Lipinski definition) is 11. The average Bonchev–Trinajstić information content (AvgIpc) is 3.26. The van der Waals surface area contributed by atoms with E-state index in [2.05, 4.69) is 10.6 Å². The Morgan fingerprint density at radius 2 is 0.803 bits per heavy atom. The van der Waals surface area contributed by atoms with Crippen LogP contribution in [0.1, 0.15) is 22.3 Å². The number of ether oxygens (including phenoxy) is 6. The highest BCUT2D eigenvalue weighted by Gasteiger charge is 2.20. The molecule has 13 nitrogen and oxygen atoms in total. The van der Waals surface area contributed by atoms with Gasteiger partial charge in [0.25, 0.3) is 0 Å². The number of amides is 2. The number of carbonyl (C=O) groups is 2. The highest BCUT2D eigenvalue weighted by Crippen LogP contribution is 2.29. The van der Waals surface area contributed by atoms with E-state index in [9.17, 15) is 9.59 Å². The molecule has 0 heterocycles. The van der Waals surface area contributed by atoms with E-state index in [-0.39, 0.29) is 13.2 Å². The van der Waals surface area contributed by atoms with Gasteiger partial charge in [-0.15, -0.1) is 0 Å². The van der Waals surface area contributed by atoms with Crippen molar-refractivity contribution in [2.75, 3.05) is 84.4 Å². The number of nitrogens with zero attached hydrogens (tertiary/aromatic N) is 3. The SMILES string of the molecule is COc1ccc(CC(COc2cc(OCC(Cc3ccc(OC)cc3)OC(=O)NCc3ccc(N(C)C)cc3)cc(N(C)C)c2)OC(=O)NCc2ccc(N(C)C)cc2)cc1. The van der Waals surface area contributed by atoms with E-state index in [0.29, 0.717) is 37.4 Å². The average molecular weight is 834 g/mol. The second-order valence-corrected chi connectivity index (χ2v) is 15.2. The van der Waals surface area contributed by atoms with Crippen molar-refractivity contribution >= 4 is 29.2 Å². The van der Waals surface area contributed by atoms with Gasteiger partial charge >= 0.3 is 12.2 Å². The molecule has 13 heteroatoms. The molecule has 61 heavy (non-hydrogen) atoms. The number of rotatable bonds is 21. The van der Waals surface area contributed by atoms with Crippen molar-refractivity contribution in [3.05, 3.63) is 138 Å². The molecule has 0 aromatic heterocycles. The van der Waals surface area contributed by atoms with Gasteiger partial charge in [0.15, 0.2) is 0 Å². The first-order valence-electron chi connectivity index (χ1n) is 20.1. The smallest absolute Gasteiger partial charge is 0.407 e. The van der Waals surface area contributed by atoms with Crippen LogP contribution in [0.25, 0.3) is 0 Å². The van der Waals surface area contributed by atoms with Crippen LogP contribution < -0.4 is 44.3 Å². The van der Waals surface area contributed by atoms with E-state index in [0.717, 1.165) is 50.8 Å². The molecule has 0 saturated heterocycles. The molecule has 0 radical (unpaired) electrons. The number of alkyl carbamates (subject to hydrolysis) is 2. The third-order valence-electron chi connectivity index (χ3n) is 9.82. The van der Waals surface area contributed by atoms with E-state index in [4.69, 9.17) is 28.4 Å². The van der Waals surface area contributed by atoms with E-state index in [1.807, 2.05) is 166 Å². The standard InChI is InChI=1S/C48H59N5O8/c1-51(2)38-17-9-36(10-18-38)30-49-47(54)60-45(25-34-13-21-41(56-7)22-14-34)32-58-43-27-40(53(5)6)28-44(29-43)59-33-46(26-35-15-23-42(57-8)24-16-35)61-48(55)50-31-37-11-19-39(20-12-37)52(3)4/h9-24,27-29,45-46H,25-26,30-33H2,1-8H3,(H,49,54)(H,50,55). The minimum absolute atomic E-state index is 0.0640. The van der Waals surface area contributed by atoms with Gasteiger partial charge in [0.2, 0.25) is 0 Å². The summed E-state index contributed by atoms with van der Waals surface area (Å²) in [4.78, 5) is 32.3. The molecule has 0 fully saturated rings. The van der Waals surface area contributed by atoms with Crippen LogP contribution in [0.15, 0.2) is 115 Å². The summed E-state index contributed by atoms with van der Waals surface area (Å²) in [5, 5.41) is 5.75. The molecule has 0 aliphatic carbocycles. The van der Waals surface area contributed by atoms with Crippen LogP contribution in [0.5, 0.6) is 23.0 Å². The second-order valence-electron chi connectivity index (χ2n) is 15.2. The van der Waals surface area contributed by atoms with E-state index >= 15 is 0 Å². The Morgan fingerprint density at radius 1 is 0.459 bits per heavy atom. The summed E-state index contributed by atoms with van der Waals surface area (Å²) < 4.78 is 35.3. The van der Waals surface area contributed by atoms with Crippen LogP contribution >= 0.6 is 0 Å². The molecule has 2 unspecified atom stereocenters. The summed E-state index contributed by atoms with van der Waals surface area (Å²) in [6, 6.07) is 36.7. The lowest BCUT2D eigenvalue weighted by molar-refractivity contribution is 0.0633. The van der Waals surface area contributed by atoms with Crippen LogP contribution in [-0.4, -0.2) is 94.1 Å². The summed E-state index contributed by atoms with van der Waals surface area (Å²) in [6.07, 6.45) is -1.58. The molecule has 5 aromatic rings. The lowest BCUT2D eigenvalue weighted by atomic mass is 10.1. The van der Waals surface area contributed by atoms with Crippen LogP contribution in [-0.2, 0) is 35.4 Å². The van der Waals surface area contributed by atoms with Crippen molar-refractivity contribution in [1.29, 1.82) is 0 Å². The van der Waals surface area contributed by atoms with Crippen molar-refractivity contribution in [3.8, 4) is 23.0 Å². The lowest BCUT2D eigenvalue weighted by Crippen LogP contribution is -2.33. The van der Waals surface area contributed by atoms with Crippen molar-refractivity contribution in [3.63, 3.8) is 0 Å². The quantitative estimate of drug-likeness (QED) is 0.0756. The highest BCUT2D eigenvalue weighted by atomic mass is 16.6. The summed E-state index contributed by atoms with van der Waals surface area (Å²) >= 11 is 0. The maximum atomic E-state index is 13.1. The summed E-state index contributed by atoms with van der Waals surface area (Å²) in [5.74, 6) is 2.48. The highest BCUT2D eigenvalue weighted by molar-refractivity contribution is 5.68. The zero-order valence-corrected chi connectivity index (χ0v) is 36.5. The Bertz CT molecular complexity index is 1960. The number of methoxy groups -OCH3 is 2. The van der Waals surface area contributed by atoms with Gasteiger partial charge in [0.1, 0.15) is 48.4 Å². The summed E-state index contributed by atoms with van der Waals surface area (Å²) in [7, 11) is 15.0. The van der Waals surface area contributed by atoms with Crippen molar-refractivity contribution < 1.29 is 38.0 Å². The first kappa shape index (κ1) is 45.3. The van der Waals surface area contributed by atoms with Crippen molar-refractivity contribution in [2.45, 2.75) is 38.1 Å². The second kappa shape index (κ2) is 22.6. The molecule has 5 aromatic carbocycles. The third kappa shape index (κ3) is 14.8. The molecule has 2 amide bonds. The van der Waals surface area contributed by atoms with Gasteiger partial charge in [-0.05, 0) is 70.8 Å². The first-order chi connectivity index (χ1) is 29.4. The molecule has 0 bridgehead atoms. The maximum absolute atomic E-state index is 13.1. The Hall–Kier alpha value is -6.76. The van der Waals surface area contributed by atoms with Crippen LogP contribution in [0.2, 0.25) is 0 Å². The van der Waals surface area contributed by atoms with Gasteiger partial charge < -0.3 is 53.8 Å². The number of anilines is 3. The summed E-state index contributed by atoms with van der Waals surface area (Å²) in [6.45, 7) is 0.747. The number of hydrogen-bond donors (Lipinski definition) is 2. The van der Waals surface area contributed by atoms with Crippen molar-refractivity contribution in [2.24, 2.45) is 0 Å². The molecule has 324 valence electrons. The van der Waals surface area contributed by atoms with Crippen LogP contribution in [0.3, 0.4) is 0 Å². The van der Waals surface area contributed by atoms with E-state index in [1.165, 1.54) is 0 Å². The fraction of sp³-hybridized carbons (Fsp3) is 0.333. The Morgan fingerprint density at radius 3 is 1.13 bits per heavy atom. The number of nitrogens with one attached hydrogen (secondary N) is 2. The van der Waals surface area contributed by atoms with Crippen molar-refractivity contribution in [1.82, 2.24) is 10.6 Å². The van der Waals surface area contributed by atoms with Crippen LogP contribution in [0, 0.1) is 0 Å². The van der Waals surface area contributed by atoms with Gasteiger partial charge in [-0.2, -0.15) is 0 Å². The minimum atomic E-state index is -0.636. The molecule has 5 rings (SSSR count). The normalized spacial score (nSPS) is 11.7. The predicted octanol–water partition coefficient (Wildman–Crippen LogP) is 7.73. The van der Waals surface area contributed by atoms with Crippen LogP contribution in [0.4, 0.5) is 26.7 Å². The Balaban J connectivity index is 1.27. The molecule has 2 N–H and O–H groups in total. The largest absolute Gasteiger partial charge is 0.497 e. The number of carbonyl (C=O) groups excluding carboxylic acids is 2. The molecular formula is C48H59N5O8. The van der Waals surface area contributed by atoms with Gasteiger partial charge in [0, 0.05) is 103 Å². The monoisotopic (exact) mass is 833 g/mol. The first-order valence-corrected chi connectivity index (χ1v) is 20.1. The zero-order chi connectivity index (χ0) is 43.7. The predicted molar refractivity (Wildman–Crippen MR) is 241 cm³/mol. The van der Waals surface area contributed by atoms with Gasteiger partial charge in [0.05, 0.1) is 14.2 Å². The van der Waals surface area contributed by atoms with Gasteiger partial charge in [-0.3, -0.25) is 0 Å². The molecule has 0 aliphatic heterocycles. The summed E-state index contributed by atoms with van der Waals surface area (Å²) in [5.41, 5.74) is 6.74. The number of benzene rings is 5. The minimum Gasteiger partial charge on any atom is -0.497 e. The van der Waals surface area contributed by atoms with E-state index in [1.54, 1.807) is 20.3 Å². The lowest BCUT2D eigenvalue weighted by Gasteiger charge is -2.22. The van der Waals surface area contributed by atoms with Gasteiger partial charge in [-0.25, -0.2) is 9.59 Å². The third-order valence-corrected chi connectivity index (χ3v) is 9.82. The topological polar surface area (TPSA) is 123 Å². The molecule has 2 atom stereocenters. The molecule has 0 aliphatic rings. The molecule has 0 saturated carbocycles. The van der Waals surface area contributed by atoms with E-state index < -0.39 is 24.4 Å². The fourth-order valence-corrected chi connectivity index (χ4v) is 6.24. The zero-order valence-electron chi connectivity index (χ0n) is 36.5.